The molecule has 154 valence electrons. The molecule has 7 heteroatoms. The third-order valence-electron chi connectivity index (χ3n) is 5.40. The number of anilines is 2. The standard InChI is InChI=1S/C22H29N5O2/c28-22(25-20-9-6-10-23-21(20)27-11-4-5-12-27)24-15-19-17-26(13-14-29-19)16-18-7-2-1-3-8-18/h1-3,6-10,19H,4-5,11-17H2,(H2,24,25,28). The summed E-state index contributed by atoms with van der Waals surface area (Å²) in [6.45, 7) is 5.76. The molecule has 2 amide bonds. The van der Waals surface area contributed by atoms with Crippen molar-refractivity contribution in [1.82, 2.24) is 15.2 Å². The molecule has 1 atom stereocenters. The highest BCUT2D eigenvalue weighted by atomic mass is 16.5. The Labute approximate surface area is 172 Å². The minimum absolute atomic E-state index is 0.00911. The number of carbonyl (C=O) groups is 1. The molecule has 7 nitrogen and oxygen atoms in total. The van der Waals surface area contributed by atoms with Gasteiger partial charge in [0.1, 0.15) is 0 Å². The summed E-state index contributed by atoms with van der Waals surface area (Å²) in [5.74, 6) is 0.850. The van der Waals surface area contributed by atoms with E-state index in [0.29, 0.717) is 13.2 Å². The Hall–Kier alpha value is -2.64. The molecule has 2 aliphatic rings. The minimum Gasteiger partial charge on any atom is -0.374 e. The van der Waals surface area contributed by atoms with Gasteiger partial charge in [0.2, 0.25) is 0 Å². The number of nitrogens with one attached hydrogen (secondary N) is 2. The van der Waals surface area contributed by atoms with Crippen molar-refractivity contribution in [2.75, 3.05) is 49.5 Å². The van der Waals surface area contributed by atoms with Gasteiger partial charge in [-0.05, 0) is 30.5 Å². The number of carbonyl (C=O) groups excluding carboxylic acids is 1. The molecule has 2 aromatic rings. The van der Waals surface area contributed by atoms with Crippen LogP contribution in [0.3, 0.4) is 0 Å². The van der Waals surface area contributed by atoms with Crippen LogP contribution in [0, 0.1) is 0 Å². The smallest absolute Gasteiger partial charge is 0.319 e. The molecular formula is C22H29N5O2. The molecule has 2 N–H and O–H groups in total. The van der Waals surface area contributed by atoms with E-state index < -0.39 is 0 Å². The van der Waals surface area contributed by atoms with Crippen molar-refractivity contribution >= 4 is 17.5 Å². The predicted octanol–water partition coefficient (Wildman–Crippen LogP) is 2.70. The molecule has 0 aliphatic carbocycles. The van der Waals surface area contributed by atoms with E-state index in [-0.39, 0.29) is 12.1 Å². The number of aromatic nitrogens is 1. The number of rotatable bonds is 6. The Morgan fingerprint density at radius 3 is 2.76 bits per heavy atom. The van der Waals surface area contributed by atoms with Crippen LogP contribution in [0.5, 0.6) is 0 Å². The van der Waals surface area contributed by atoms with Crippen LogP contribution >= 0.6 is 0 Å². The predicted molar refractivity (Wildman–Crippen MR) is 114 cm³/mol. The quantitative estimate of drug-likeness (QED) is 0.787. The highest BCUT2D eigenvalue weighted by Gasteiger charge is 2.22. The lowest BCUT2D eigenvalue weighted by molar-refractivity contribution is -0.0285. The van der Waals surface area contributed by atoms with Crippen LogP contribution in [0.25, 0.3) is 0 Å². The molecule has 1 aromatic carbocycles. The van der Waals surface area contributed by atoms with E-state index in [2.05, 4.69) is 49.7 Å². The maximum atomic E-state index is 12.5. The van der Waals surface area contributed by atoms with Crippen LogP contribution in [-0.4, -0.2) is 61.3 Å². The van der Waals surface area contributed by atoms with E-state index in [1.165, 1.54) is 18.4 Å². The molecule has 3 heterocycles. The number of pyridine rings is 1. The fourth-order valence-corrected chi connectivity index (χ4v) is 3.94. The van der Waals surface area contributed by atoms with E-state index in [1.807, 2.05) is 18.2 Å². The van der Waals surface area contributed by atoms with Crippen LogP contribution < -0.4 is 15.5 Å². The second-order valence-electron chi connectivity index (χ2n) is 7.62. The monoisotopic (exact) mass is 395 g/mol. The third kappa shape index (κ3) is 5.46. The first-order valence-corrected chi connectivity index (χ1v) is 10.4. The maximum Gasteiger partial charge on any atom is 0.319 e. The van der Waals surface area contributed by atoms with Crippen molar-refractivity contribution in [3.05, 3.63) is 54.2 Å². The van der Waals surface area contributed by atoms with Crippen molar-refractivity contribution in [3.63, 3.8) is 0 Å². The number of benzene rings is 1. The molecule has 0 bridgehead atoms. The van der Waals surface area contributed by atoms with Gasteiger partial charge in [-0.3, -0.25) is 4.90 Å². The van der Waals surface area contributed by atoms with Crippen molar-refractivity contribution in [1.29, 1.82) is 0 Å². The Balaban J connectivity index is 1.26. The van der Waals surface area contributed by atoms with Gasteiger partial charge in [0.15, 0.2) is 5.82 Å². The zero-order chi connectivity index (χ0) is 19.9. The van der Waals surface area contributed by atoms with E-state index in [0.717, 1.165) is 44.2 Å². The van der Waals surface area contributed by atoms with Gasteiger partial charge in [-0.2, -0.15) is 0 Å². The molecule has 1 aromatic heterocycles. The van der Waals surface area contributed by atoms with Gasteiger partial charge in [-0.15, -0.1) is 0 Å². The molecule has 2 aliphatic heterocycles. The summed E-state index contributed by atoms with van der Waals surface area (Å²) in [6.07, 6.45) is 4.10. The minimum atomic E-state index is -0.220. The highest BCUT2D eigenvalue weighted by molar-refractivity contribution is 5.92. The fraction of sp³-hybridized carbons (Fsp3) is 0.455. The topological polar surface area (TPSA) is 69.7 Å². The van der Waals surface area contributed by atoms with Crippen LogP contribution in [0.1, 0.15) is 18.4 Å². The summed E-state index contributed by atoms with van der Waals surface area (Å²) in [4.78, 5) is 21.5. The Morgan fingerprint density at radius 2 is 1.93 bits per heavy atom. The first-order chi connectivity index (χ1) is 14.3. The number of ether oxygens (including phenoxy) is 1. The second kappa shape index (κ2) is 9.71. The van der Waals surface area contributed by atoms with Crippen molar-refractivity contribution in [3.8, 4) is 0 Å². The van der Waals surface area contributed by atoms with E-state index in [9.17, 15) is 4.79 Å². The number of hydrogen-bond acceptors (Lipinski definition) is 5. The average Bonchev–Trinajstić information content (AvgIpc) is 3.28. The average molecular weight is 396 g/mol. The zero-order valence-electron chi connectivity index (χ0n) is 16.7. The third-order valence-corrected chi connectivity index (χ3v) is 5.40. The molecule has 0 spiro atoms. The van der Waals surface area contributed by atoms with Crippen molar-refractivity contribution in [2.45, 2.75) is 25.5 Å². The van der Waals surface area contributed by atoms with Crippen molar-refractivity contribution in [2.24, 2.45) is 0 Å². The number of urea groups is 1. The summed E-state index contributed by atoms with van der Waals surface area (Å²) in [6, 6.07) is 14.0. The fourth-order valence-electron chi connectivity index (χ4n) is 3.94. The molecule has 1 unspecified atom stereocenters. The SMILES string of the molecule is O=C(NCC1CN(Cc2ccccc2)CCO1)Nc1cccnc1N1CCCC1. The first-order valence-electron chi connectivity index (χ1n) is 10.4. The number of nitrogens with zero attached hydrogens (tertiary/aromatic N) is 3. The summed E-state index contributed by atoms with van der Waals surface area (Å²) in [5.41, 5.74) is 2.05. The number of morpholine rings is 1. The van der Waals surface area contributed by atoms with Gasteiger partial charge < -0.3 is 20.3 Å². The zero-order valence-corrected chi connectivity index (χ0v) is 16.7. The largest absolute Gasteiger partial charge is 0.374 e. The first kappa shape index (κ1) is 19.7. The van der Waals surface area contributed by atoms with Gasteiger partial charge in [0.05, 0.1) is 18.4 Å². The normalized spacial score (nSPS) is 19.9. The summed E-state index contributed by atoms with van der Waals surface area (Å²) in [5, 5.41) is 5.91. The summed E-state index contributed by atoms with van der Waals surface area (Å²) < 4.78 is 5.85. The van der Waals surface area contributed by atoms with E-state index in [4.69, 9.17) is 4.74 Å². The van der Waals surface area contributed by atoms with E-state index in [1.54, 1.807) is 6.20 Å². The number of hydrogen-bond donors (Lipinski definition) is 2. The Bertz CT molecular complexity index is 795. The van der Waals surface area contributed by atoms with Gasteiger partial charge in [-0.1, -0.05) is 30.3 Å². The second-order valence-corrected chi connectivity index (χ2v) is 7.62. The molecular weight excluding hydrogens is 366 g/mol. The van der Waals surface area contributed by atoms with Crippen LogP contribution in [0.15, 0.2) is 48.7 Å². The lowest BCUT2D eigenvalue weighted by Crippen LogP contribution is -2.47. The maximum absolute atomic E-state index is 12.5. The number of amides is 2. The lowest BCUT2D eigenvalue weighted by atomic mass is 10.2. The molecule has 2 saturated heterocycles. The van der Waals surface area contributed by atoms with Crippen LogP contribution in [0.4, 0.5) is 16.3 Å². The molecule has 4 rings (SSSR count). The van der Waals surface area contributed by atoms with Gasteiger partial charge in [-0.25, -0.2) is 9.78 Å². The lowest BCUT2D eigenvalue weighted by Gasteiger charge is -2.33. The van der Waals surface area contributed by atoms with Crippen molar-refractivity contribution < 1.29 is 9.53 Å². The van der Waals surface area contributed by atoms with E-state index >= 15 is 0 Å². The van der Waals surface area contributed by atoms with Crippen LogP contribution in [-0.2, 0) is 11.3 Å². The molecule has 29 heavy (non-hydrogen) atoms. The van der Waals surface area contributed by atoms with Crippen LogP contribution in [0.2, 0.25) is 0 Å². The molecule has 2 fully saturated rings. The Kier molecular flexibility index (Phi) is 6.59. The summed E-state index contributed by atoms with van der Waals surface area (Å²) in [7, 11) is 0. The van der Waals surface area contributed by atoms with Gasteiger partial charge >= 0.3 is 6.03 Å². The summed E-state index contributed by atoms with van der Waals surface area (Å²) >= 11 is 0. The highest BCUT2D eigenvalue weighted by Crippen LogP contribution is 2.25. The van der Waals surface area contributed by atoms with Gasteiger partial charge in [0, 0.05) is 45.5 Å². The molecule has 0 saturated carbocycles. The van der Waals surface area contributed by atoms with Gasteiger partial charge in [0.25, 0.3) is 0 Å². The molecule has 0 radical (unpaired) electrons. The Morgan fingerprint density at radius 1 is 1.10 bits per heavy atom.